The molecule has 4 aromatic carbocycles. The summed E-state index contributed by atoms with van der Waals surface area (Å²) in [6, 6.07) is 25.3. The van der Waals surface area contributed by atoms with E-state index in [1.807, 2.05) is 0 Å². The van der Waals surface area contributed by atoms with Gasteiger partial charge in [0.05, 0.1) is 16.7 Å². The lowest BCUT2D eigenvalue weighted by atomic mass is 9.87. The van der Waals surface area contributed by atoms with Gasteiger partial charge in [0, 0.05) is 48.9 Å². The van der Waals surface area contributed by atoms with Crippen molar-refractivity contribution in [2.24, 2.45) is 17.6 Å². The summed E-state index contributed by atoms with van der Waals surface area (Å²) in [6.07, 6.45) is 1.91. The maximum absolute atomic E-state index is 13.5. The van der Waals surface area contributed by atoms with E-state index in [-0.39, 0.29) is 67.1 Å². The number of amides is 1. The zero-order chi connectivity index (χ0) is 39.8. The first kappa shape index (κ1) is 45.2. The summed E-state index contributed by atoms with van der Waals surface area (Å²) in [5.41, 5.74) is 7.98. The number of halogens is 7. The number of carbonyl (C=O) groups excluding carboxylic acids is 1. The molecule has 4 N–H and O–H groups in total. The predicted octanol–water partition coefficient (Wildman–Crippen LogP) is 9.90. The molecule has 0 radical (unpaired) electrons. The van der Waals surface area contributed by atoms with Crippen LogP contribution in [0.25, 0.3) is 0 Å². The summed E-state index contributed by atoms with van der Waals surface area (Å²) >= 11 is 0. The number of nitrogens with one attached hydrogen (secondary N) is 1. The number of rotatable bonds is 5. The van der Waals surface area contributed by atoms with Crippen LogP contribution in [0.3, 0.4) is 0 Å². The molecule has 1 amide bonds. The number of hydrogen-bond acceptors (Lipinski definition) is 3. The average Bonchev–Trinajstić information content (AvgIpc) is 3.18. The van der Waals surface area contributed by atoms with Crippen LogP contribution < -0.4 is 11.1 Å². The van der Waals surface area contributed by atoms with Crippen LogP contribution in [0, 0.1) is 47.2 Å². The Hall–Kier alpha value is -5.23. The largest absolute Gasteiger partial charge is 0.478 e. The fourth-order valence-corrected chi connectivity index (χ4v) is 5.78. The molecule has 12 heteroatoms. The minimum atomic E-state index is -2.56. The van der Waals surface area contributed by atoms with Gasteiger partial charge in [-0.25, -0.2) is 31.1 Å². The van der Waals surface area contributed by atoms with Crippen LogP contribution in [0.15, 0.2) is 97.1 Å². The molecular weight excluding hydrogens is 754 g/mol. The lowest BCUT2D eigenvalue weighted by Gasteiger charge is -2.28. The van der Waals surface area contributed by atoms with Gasteiger partial charge in [0.25, 0.3) is 5.91 Å². The number of nitrogens with two attached hydrogens (primary N) is 1. The Morgan fingerprint density at radius 1 is 0.625 bits per heavy atom. The number of aromatic carboxylic acids is 1. The highest BCUT2D eigenvalue weighted by Crippen LogP contribution is 2.36. The average molecular weight is 797 g/mol. The number of carboxylic acids is 1. The Labute approximate surface area is 329 Å². The summed E-state index contributed by atoms with van der Waals surface area (Å²) < 4.78 is 78.1. The second kappa shape index (κ2) is 21.8. The van der Waals surface area contributed by atoms with E-state index >= 15 is 0 Å². The van der Waals surface area contributed by atoms with Crippen molar-refractivity contribution >= 4 is 24.3 Å². The molecule has 5 nitrogen and oxygen atoms in total. The molecule has 0 aromatic heterocycles. The van der Waals surface area contributed by atoms with E-state index in [1.54, 1.807) is 72.8 Å². The number of carbonyl (C=O) groups is 2. The van der Waals surface area contributed by atoms with Crippen LogP contribution in [0.2, 0.25) is 0 Å². The van der Waals surface area contributed by atoms with Gasteiger partial charge in [-0.3, -0.25) is 4.79 Å². The highest BCUT2D eigenvalue weighted by atomic mass is 35.5. The van der Waals surface area contributed by atoms with Gasteiger partial charge in [0.2, 0.25) is 11.8 Å². The zero-order valence-corrected chi connectivity index (χ0v) is 31.3. The lowest BCUT2D eigenvalue weighted by molar-refractivity contribution is -0.0456. The standard InChI is InChI=1S/C22H20F3NO.C15H9FO2.C7H13F2N.ClH/c23-20-4-2-1-3-18(20)8-5-16-6-9-19(10-7-16)21(27)26-15-17-11-13-22(24,25)14-12-17;16-14-4-2-1-3-12(14)8-5-11-6-9-13(10-7-11)15(17)18;8-7(9)3-1-6(5-10)2-4-7;/h1-4,6-7,9-10,17H,11-15H2,(H,26,27);1-4,6-7,9-10H,(H,17,18);6H,1-5,10H2;1H. The molecule has 56 heavy (non-hydrogen) atoms. The van der Waals surface area contributed by atoms with Crippen LogP contribution in [0.4, 0.5) is 26.3 Å². The van der Waals surface area contributed by atoms with Gasteiger partial charge in [-0.1, -0.05) is 47.9 Å². The molecule has 0 saturated heterocycles. The van der Waals surface area contributed by atoms with Gasteiger partial charge in [0.15, 0.2) is 0 Å². The third kappa shape index (κ3) is 15.1. The molecule has 2 aliphatic carbocycles. The molecule has 0 aliphatic heterocycles. The van der Waals surface area contributed by atoms with Gasteiger partial charge >= 0.3 is 5.97 Å². The molecule has 2 aliphatic rings. The molecule has 296 valence electrons. The molecule has 6 rings (SSSR count). The minimum absolute atomic E-state index is 0. The van der Waals surface area contributed by atoms with Gasteiger partial charge < -0.3 is 16.2 Å². The Bertz CT molecular complexity index is 2000. The quantitative estimate of drug-likeness (QED) is 0.139. The second-order valence-corrected chi connectivity index (χ2v) is 13.5. The molecule has 0 spiro atoms. The van der Waals surface area contributed by atoms with Crippen molar-refractivity contribution in [1.29, 1.82) is 0 Å². The minimum Gasteiger partial charge on any atom is -0.478 e. The maximum atomic E-state index is 13.5. The zero-order valence-electron chi connectivity index (χ0n) is 30.5. The fraction of sp³-hybridized carbons (Fsp3) is 0.318. The van der Waals surface area contributed by atoms with Crippen molar-refractivity contribution in [3.05, 3.63) is 142 Å². The second-order valence-electron chi connectivity index (χ2n) is 13.5. The molecule has 0 unspecified atom stereocenters. The summed E-state index contributed by atoms with van der Waals surface area (Å²) in [5.74, 6) is 4.65. The number of alkyl halides is 4. The third-order valence-electron chi connectivity index (χ3n) is 9.27. The molecular formula is C44H43ClF6N2O3. The lowest BCUT2D eigenvalue weighted by Crippen LogP contribution is -2.33. The fourth-order valence-electron chi connectivity index (χ4n) is 5.78. The van der Waals surface area contributed by atoms with E-state index in [9.17, 15) is 35.9 Å². The normalized spacial score (nSPS) is 15.6. The molecule has 0 atom stereocenters. The van der Waals surface area contributed by atoms with E-state index in [4.69, 9.17) is 10.8 Å². The molecule has 0 heterocycles. The van der Waals surface area contributed by atoms with E-state index in [2.05, 4.69) is 29.0 Å². The van der Waals surface area contributed by atoms with E-state index in [0.29, 0.717) is 72.5 Å². The van der Waals surface area contributed by atoms with Crippen LogP contribution in [0.5, 0.6) is 0 Å². The van der Waals surface area contributed by atoms with Crippen LogP contribution >= 0.6 is 12.4 Å². The Morgan fingerprint density at radius 2 is 1.02 bits per heavy atom. The summed E-state index contributed by atoms with van der Waals surface area (Å²) in [4.78, 5) is 22.9. The number of carboxylic acid groups (broad SMARTS) is 1. The van der Waals surface area contributed by atoms with Gasteiger partial charge in [-0.15, -0.1) is 12.4 Å². The number of benzene rings is 4. The summed E-state index contributed by atoms with van der Waals surface area (Å²) in [7, 11) is 0. The van der Waals surface area contributed by atoms with Crippen molar-refractivity contribution in [2.45, 2.75) is 63.2 Å². The van der Waals surface area contributed by atoms with Crippen LogP contribution in [0.1, 0.15) is 94.3 Å². The monoisotopic (exact) mass is 796 g/mol. The number of hydrogen-bond donors (Lipinski definition) is 3. The Morgan fingerprint density at radius 3 is 1.41 bits per heavy atom. The first-order valence-corrected chi connectivity index (χ1v) is 17.9. The summed E-state index contributed by atoms with van der Waals surface area (Å²) in [6.45, 7) is 0.972. The van der Waals surface area contributed by atoms with Crippen molar-refractivity contribution in [3.8, 4) is 23.7 Å². The smallest absolute Gasteiger partial charge is 0.335 e. The topological polar surface area (TPSA) is 92.4 Å². The van der Waals surface area contributed by atoms with Crippen molar-refractivity contribution in [3.63, 3.8) is 0 Å². The third-order valence-corrected chi connectivity index (χ3v) is 9.27. The first-order valence-electron chi connectivity index (χ1n) is 17.9. The van der Waals surface area contributed by atoms with Gasteiger partial charge in [0.1, 0.15) is 11.6 Å². The van der Waals surface area contributed by atoms with E-state index in [1.165, 1.54) is 24.3 Å². The van der Waals surface area contributed by atoms with Crippen LogP contribution in [-0.2, 0) is 0 Å². The van der Waals surface area contributed by atoms with E-state index in [0.717, 1.165) is 0 Å². The van der Waals surface area contributed by atoms with Gasteiger partial charge in [-0.05, 0) is 117 Å². The van der Waals surface area contributed by atoms with Crippen molar-refractivity contribution < 1.29 is 41.0 Å². The Balaban J connectivity index is 0.000000249. The SMILES string of the molecule is Cl.NCC1CCC(F)(F)CC1.O=C(NCC1CCC(F)(F)CC1)c1ccc(C#Cc2ccccc2F)cc1.O=C(O)c1ccc(C#Cc2ccccc2F)cc1. The van der Waals surface area contributed by atoms with Crippen LogP contribution in [-0.4, -0.2) is 41.9 Å². The van der Waals surface area contributed by atoms with Gasteiger partial charge in [-0.2, -0.15) is 0 Å². The predicted molar refractivity (Wildman–Crippen MR) is 207 cm³/mol. The first-order chi connectivity index (χ1) is 26.2. The molecule has 2 fully saturated rings. The Kier molecular flexibility index (Phi) is 17.5. The van der Waals surface area contributed by atoms with E-state index < -0.39 is 17.8 Å². The highest BCUT2D eigenvalue weighted by Gasteiger charge is 2.35. The molecule has 2 saturated carbocycles. The van der Waals surface area contributed by atoms with Crippen molar-refractivity contribution in [1.82, 2.24) is 5.32 Å². The van der Waals surface area contributed by atoms with Crippen molar-refractivity contribution in [2.75, 3.05) is 13.1 Å². The summed E-state index contributed by atoms with van der Waals surface area (Å²) in [5, 5.41) is 11.5. The molecule has 4 aromatic rings. The molecule has 0 bridgehead atoms. The highest BCUT2D eigenvalue weighted by molar-refractivity contribution is 5.94. The maximum Gasteiger partial charge on any atom is 0.335 e.